The predicted molar refractivity (Wildman–Crippen MR) is 134 cm³/mol. The molecule has 1 aromatic carbocycles. The topological polar surface area (TPSA) is 55.1 Å². The summed E-state index contributed by atoms with van der Waals surface area (Å²) >= 11 is 0. The van der Waals surface area contributed by atoms with Gasteiger partial charge in [0.1, 0.15) is 17.5 Å². The zero-order valence-electron chi connectivity index (χ0n) is 19.9. The van der Waals surface area contributed by atoms with Gasteiger partial charge in [-0.25, -0.2) is 4.98 Å². The molecule has 2 aromatic rings. The van der Waals surface area contributed by atoms with E-state index in [4.69, 9.17) is 14.1 Å². The van der Waals surface area contributed by atoms with E-state index in [0.717, 1.165) is 29.9 Å². The van der Waals surface area contributed by atoms with Crippen molar-refractivity contribution in [3.05, 3.63) is 48.3 Å². The second-order valence-corrected chi connectivity index (χ2v) is 18.8. The fourth-order valence-electron chi connectivity index (χ4n) is 3.80. The van der Waals surface area contributed by atoms with Gasteiger partial charge in [-0.15, -0.1) is 0 Å². The Morgan fingerprint density at radius 3 is 2.00 bits per heavy atom. The molecule has 2 rings (SSSR count). The molecule has 0 radical (unpaired) electrons. The molecule has 168 valence electrons. The van der Waals surface area contributed by atoms with E-state index in [9.17, 15) is 0 Å². The van der Waals surface area contributed by atoms with Gasteiger partial charge in [0.05, 0.1) is 6.61 Å². The SMILES string of the molecule is C[Si](C)(C)O[Si](C)(C)CCCCCCCCOc1ccc(-c2ccc(C#N)nc2)cc1. The number of unbranched alkanes of at least 4 members (excludes halogenated alkanes) is 5. The first-order valence-electron chi connectivity index (χ1n) is 11.5. The van der Waals surface area contributed by atoms with Crippen LogP contribution in [0, 0.1) is 11.3 Å². The van der Waals surface area contributed by atoms with Gasteiger partial charge >= 0.3 is 0 Å². The first-order valence-corrected chi connectivity index (χ1v) is 18.0. The minimum atomic E-state index is -1.46. The minimum Gasteiger partial charge on any atom is -0.494 e. The monoisotopic (exact) mass is 454 g/mol. The Hall–Kier alpha value is -1.95. The zero-order chi connectivity index (χ0) is 22.7. The van der Waals surface area contributed by atoms with Crippen molar-refractivity contribution in [2.75, 3.05) is 6.61 Å². The lowest BCUT2D eigenvalue weighted by atomic mass is 10.1. The summed E-state index contributed by atoms with van der Waals surface area (Å²) < 4.78 is 12.3. The molecule has 0 aliphatic rings. The van der Waals surface area contributed by atoms with E-state index >= 15 is 0 Å². The van der Waals surface area contributed by atoms with Gasteiger partial charge in [-0.05, 0) is 75.0 Å². The number of aromatic nitrogens is 1. The van der Waals surface area contributed by atoms with Crippen LogP contribution in [0.4, 0.5) is 0 Å². The molecular formula is C25H38N2O2Si2. The summed E-state index contributed by atoms with van der Waals surface area (Å²) in [5.74, 6) is 0.903. The minimum absolute atomic E-state index is 0.436. The number of pyridine rings is 1. The molecule has 0 saturated carbocycles. The van der Waals surface area contributed by atoms with Gasteiger partial charge in [0.2, 0.25) is 0 Å². The van der Waals surface area contributed by atoms with Crippen molar-refractivity contribution >= 4 is 16.6 Å². The molecule has 31 heavy (non-hydrogen) atoms. The second kappa shape index (κ2) is 12.2. The van der Waals surface area contributed by atoms with Gasteiger partial charge in [-0.2, -0.15) is 5.26 Å². The summed E-state index contributed by atoms with van der Waals surface area (Å²) in [5.41, 5.74) is 2.51. The number of hydrogen-bond donors (Lipinski definition) is 0. The molecule has 0 aliphatic heterocycles. The highest BCUT2D eigenvalue weighted by Gasteiger charge is 2.28. The van der Waals surface area contributed by atoms with Gasteiger partial charge < -0.3 is 8.85 Å². The van der Waals surface area contributed by atoms with E-state index in [0.29, 0.717) is 5.69 Å². The van der Waals surface area contributed by atoms with E-state index in [-0.39, 0.29) is 0 Å². The molecule has 0 atom stereocenters. The second-order valence-electron chi connectivity index (χ2n) is 9.76. The number of nitrogens with zero attached hydrogens (tertiary/aromatic N) is 2. The van der Waals surface area contributed by atoms with Crippen LogP contribution in [0.5, 0.6) is 5.75 Å². The largest absolute Gasteiger partial charge is 0.494 e. The summed E-state index contributed by atoms with van der Waals surface area (Å²) in [6, 6.07) is 15.1. The Morgan fingerprint density at radius 2 is 1.42 bits per heavy atom. The number of ether oxygens (including phenoxy) is 1. The highest BCUT2D eigenvalue weighted by atomic mass is 28.4. The fourth-order valence-corrected chi connectivity index (χ4v) is 11.9. The molecule has 0 aliphatic carbocycles. The maximum absolute atomic E-state index is 8.84. The smallest absolute Gasteiger partial charge is 0.173 e. The van der Waals surface area contributed by atoms with Crippen LogP contribution < -0.4 is 4.74 Å². The van der Waals surface area contributed by atoms with Crippen molar-refractivity contribution in [1.82, 2.24) is 4.98 Å². The molecule has 1 heterocycles. The van der Waals surface area contributed by atoms with E-state index < -0.39 is 16.6 Å². The first-order chi connectivity index (χ1) is 14.7. The molecule has 0 spiro atoms. The first kappa shape index (κ1) is 25.3. The van der Waals surface area contributed by atoms with Crippen LogP contribution in [0.25, 0.3) is 11.1 Å². The van der Waals surface area contributed by atoms with Crippen LogP contribution in [0.1, 0.15) is 44.2 Å². The summed E-state index contributed by atoms with van der Waals surface area (Å²) in [5, 5.41) is 8.84. The molecular weight excluding hydrogens is 416 g/mol. The lowest BCUT2D eigenvalue weighted by Gasteiger charge is -2.31. The third-order valence-corrected chi connectivity index (χ3v) is 11.3. The van der Waals surface area contributed by atoms with Gasteiger partial charge in [-0.3, -0.25) is 0 Å². The standard InChI is InChI=1S/C25H38N2O2Si2/c1-30(2,3)29-31(4,5)19-11-9-7-6-8-10-18-28-25-16-13-22(14-17-25)23-12-15-24(20-26)27-21-23/h12-17,21H,6-11,18-19H2,1-5H3. The van der Waals surface area contributed by atoms with Crippen molar-refractivity contribution in [1.29, 1.82) is 5.26 Å². The summed E-state index contributed by atoms with van der Waals surface area (Å²) in [7, 11) is -2.86. The van der Waals surface area contributed by atoms with Crippen LogP contribution in [0.2, 0.25) is 38.8 Å². The van der Waals surface area contributed by atoms with Crippen molar-refractivity contribution in [2.45, 2.75) is 77.3 Å². The third kappa shape index (κ3) is 10.3. The Balaban J connectivity index is 1.56. The Bertz CT molecular complexity index is 823. The molecule has 1 aromatic heterocycles. The predicted octanol–water partition coefficient (Wildman–Crippen LogP) is 7.40. The summed E-state index contributed by atoms with van der Waals surface area (Å²) in [6.45, 7) is 12.4. The maximum atomic E-state index is 8.84. The van der Waals surface area contributed by atoms with Crippen molar-refractivity contribution in [3.8, 4) is 22.9 Å². The molecule has 0 fully saturated rings. The molecule has 0 unspecified atom stereocenters. The summed E-state index contributed by atoms with van der Waals surface area (Å²) in [6.07, 6.45) is 9.27. The van der Waals surface area contributed by atoms with Gasteiger partial charge in [0, 0.05) is 11.8 Å². The summed E-state index contributed by atoms with van der Waals surface area (Å²) in [4.78, 5) is 4.12. The molecule has 6 heteroatoms. The molecule has 0 amide bonds. The maximum Gasteiger partial charge on any atom is 0.173 e. The Morgan fingerprint density at radius 1 is 0.806 bits per heavy atom. The van der Waals surface area contributed by atoms with E-state index in [1.807, 2.05) is 36.4 Å². The highest BCUT2D eigenvalue weighted by molar-refractivity contribution is 6.84. The van der Waals surface area contributed by atoms with Crippen LogP contribution in [-0.4, -0.2) is 28.2 Å². The van der Waals surface area contributed by atoms with E-state index in [1.165, 1.54) is 38.1 Å². The normalized spacial score (nSPS) is 11.9. The number of benzene rings is 1. The lowest BCUT2D eigenvalue weighted by Crippen LogP contribution is -2.42. The average molecular weight is 455 g/mol. The van der Waals surface area contributed by atoms with E-state index in [1.54, 1.807) is 12.3 Å². The highest BCUT2D eigenvalue weighted by Crippen LogP contribution is 2.23. The molecule has 4 nitrogen and oxygen atoms in total. The Labute approximate surface area is 190 Å². The fraction of sp³-hybridized carbons (Fsp3) is 0.520. The van der Waals surface area contributed by atoms with E-state index in [2.05, 4.69) is 37.7 Å². The third-order valence-electron chi connectivity index (χ3n) is 5.09. The average Bonchev–Trinajstić information content (AvgIpc) is 2.71. The van der Waals surface area contributed by atoms with Gasteiger partial charge in [0.15, 0.2) is 16.6 Å². The van der Waals surface area contributed by atoms with Gasteiger partial charge in [-0.1, -0.05) is 44.2 Å². The molecule has 0 N–H and O–H groups in total. The number of nitriles is 1. The van der Waals surface area contributed by atoms with Crippen LogP contribution in [0.15, 0.2) is 42.6 Å². The van der Waals surface area contributed by atoms with Crippen molar-refractivity contribution in [2.24, 2.45) is 0 Å². The van der Waals surface area contributed by atoms with Crippen molar-refractivity contribution in [3.63, 3.8) is 0 Å². The zero-order valence-corrected chi connectivity index (χ0v) is 21.9. The number of rotatable bonds is 13. The van der Waals surface area contributed by atoms with Gasteiger partial charge in [0.25, 0.3) is 0 Å². The lowest BCUT2D eigenvalue weighted by molar-refractivity contribution is 0.304. The van der Waals surface area contributed by atoms with Crippen LogP contribution in [-0.2, 0) is 4.12 Å². The molecule has 0 bridgehead atoms. The number of hydrogen-bond acceptors (Lipinski definition) is 4. The quantitative estimate of drug-likeness (QED) is 0.234. The Kier molecular flexibility index (Phi) is 9.95. The van der Waals surface area contributed by atoms with Crippen LogP contribution >= 0.6 is 0 Å². The van der Waals surface area contributed by atoms with Crippen molar-refractivity contribution < 1.29 is 8.85 Å². The van der Waals surface area contributed by atoms with Crippen LogP contribution in [0.3, 0.4) is 0 Å². The molecule has 0 saturated heterocycles.